The summed E-state index contributed by atoms with van der Waals surface area (Å²) >= 11 is 0. The molecule has 3 aliphatic heterocycles. The average Bonchev–Trinajstić information content (AvgIpc) is 3.75. The first-order valence-corrected chi connectivity index (χ1v) is 22.4. The maximum Gasteiger partial charge on any atom is 0.323 e. The smallest absolute Gasteiger partial charge is 0.323 e. The molecule has 3 aromatic carbocycles. The van der Waals surface area contributed by atoms with E-state index in [0.717, 1.165) is 62.4 Å². The highest BCUT2D eigenvalue weighted by molar-refractivity contribution is 7.56. The summed E-state index contributed by atoms with van der Waals surface area (Å²) in [7, 11) is -2.33. The van der Waals surface area contributed by atoms with Crippen LogP contribution in [0, 0.1) is 0 Å². The first-order valence-electron chi connectivity index (χ1n) is 20.3. The second-order valence-corrected chi connectivity index (χ2v) is 17.9. The fourth-order valence-electron chi connectivity index (χ4n) is 8.23. The van der Waals surface area contributed by atoms with E-state index in [1.54, 1.807) is 14.0 Å². The topological polar surface area (TPSA) is 165 Å². The number of aliphatic hydroxyl groups excluding tert-OH is 1. The van der Waals surface area contributed by atoms with Crippen molar-refractivity contribution < 1.29 is 46.7 Å². The number of rotatable bonds is 14. The summed E-state index contributed by atoms with van der Waals surface area (Å²) in [5.41, 5.74) is -1.36. The van der Waals surface area contributed by atoms with E-state index in [2.05, 4.69) is 15.4 Å². The second kappa shape index (κ2) is 17.7. The lowest BCUT2D eigenvalue weighted by atomic mass is 9.77. The van der Waals surface area contributed by atoms with Crippen LogP contribution in [0.3, 0.4) is 0 Å². The SMILES string of the molecule is CCOC1=NC(NC(c2ccccc2)(c2ccccc2)c2ccc(OC)cc2)=NC2C1N=CN2[C@@H]1O[C@](F)(COP(C)(=O)N[C@@H](C)C(=O)OC2CCCCC2)[C@@H](O)[C@@]1(C)F. The number of methoxy groups -OCH3 is 1. The molecule has 14 nitrogen and oxygen atoms in total. The van der Waals surface area contributed by atoms with Gasteiger partial charge in [-0.25, -0.2) is 18.9 Å². The molecule has 1 saturated heterocycles. The van der Waals surface area contributed by atoms with E-state index in [1.807, 2.05) is 84.9 Å². The largest absolute Gasteiger partial charge is 0.497 e. The Morgan fingerprint density at radius 3 is 2.23 bits per heavy atom. The normalized spacial score (nSPS) is 28.2. The van der Waals surface area contributed by atoms with Crippen LogP contribution in [0.4, 0.5) is 8.78 Å². The van der Waals surface area contributed by atoms with E-state index in [1.165, 1.54) is 18.2 Å². The summed E-state index contributed by atoms with van der Waals surface area (Å²) in [6, 6.07) is 25.1. The first-order chi connectivity index (χ1) is 28.7. The van der Waals surface area contributed by atoms with Crippen LogP contribution >= 0.6 is 7.52 Å². The van der Waals surface area contributed by atoms with Gasteiger partial charge >= 0.3 is 5.97 Å². The molecular formula is C43H53F2N6O8P. The van der Waals surface area contributed by atoms with E-state index < -0.39 is 67.7 Å². The van der Waals surface area contributed by atoms with Gasteiger partial charge in [0.15, 0.2) is 30.2 Å². The monoisotopic (exact) mass is 850 g/mol. The number of hydrogen-bond donors (Lipinski definition) is 3. The van der Waals surface area contributed by atoms with Gasteiger partial charge in [-0.3, -0.25) is 14.4 Å². The van der Waals surface area contributed by atoms with Gasteiger partial charge in [0, 0.05) is 6.66 Å². The number of nitrogens with zero attached hydrogens (tertiary/aromatic N) is 4. The molecule has 0 aromatic heterocycles. The van der Waals surface area contributed by atoms with Gasteiger partial charge in [-0.05, 0) is 75.3 Å². The number of benzene rings is 3. The molecule has 0 bridgehead atoms. The Hall–Kier alpha value is -4.73. The molecule has 2 fully saturated rings. The second-order valence-electron chi connectivity index (χ2n) is 15.7. The number of halogens is 2. The Bertz CT molecular complexity index is 2070. The molecule has 7 rings (SSSR count). The van der Waals surface area contributed by atoms with Crippen LogP contribution in [0.25, 0.3) is 0 Å². The van der Waals surface area contributed by atoms with Crippen molar-refractivity contribution in [2.75, 3.05) is 27.0 Å². The number of hydrogen-bond acceptors (Lipinski definition) is 13. The maximum absolute atomic E-state index is 16.8. The van der Waals surface area contributed by atoms with Crippen molar-refractivity contribution in [3.63, 3.8) is 0 Å². The number of aliphatic imine (C=N–C) groups is 3. The fourth-order valence-corrected chi connectivity index (χ4v) is 9.53. The number of aliphatic hydroxyl groups is 1. The van der Waals surface area contributed by atoms with E-state index >= 15 is 8.78 Å². The number of nitrogens with one attached hydrogen (secondary N) is 2. The van der Waals surface area contributed by atoms with Crippen molar-refractivity contribution in [3.8, 4) is 5.75 Å². The molecular weight excluding hydrogens is 797 g/mol. The zero-order valence-electron chi connectivity index (χ0n) is 34.4. The summed E-state index contributed by atoms with van der Waals surface area (Å²) in [6.07, 6.45) is 0.257. The van der Waals surface area contributed by atoms with Crippen LogP contribution in [-0.4, -0.2) is 109 Å². The van der Waals surface area contributed by atoms with Crippen molar-refractivity contribution >= 4 is 31.7 Å². The number of guanidine groups is 1. The molecule has 0 spiro atoms. The van der Waals surface area contributed by atoms with Crippen LogP contribution in [0.2, 0.25) is 0 Å². The standard InChI is InChI=1S/C43H53F2N6O8P/c1-6-56-36-34-35(47-40(48-36)49-43(29-16-10-7-11-17-29,30-18-12-8-13-19-30)31-22-24-32(55-4)25-23-31)51(27-46-34)39-41(3,44)38(53)42(45,59-39)26-57-60(5,54)50-28(2)37(52)58-33-20-14-9-15-21-33/h7-8,10-13,16-19,22-25,27-28,33-35,38-39,53H,6,9,14-15,20-21,26H2,1-5H3,(H,47,49)(H,50,54)/t28-,34?,35?,38-,39+,41+,42+,60?/m0/s1. The van der Waals surface area contributed by atoms with E-state index in [-0.39, 0.29) is 24.6 Å². The maximum atomic E-state index is 16.8. The third-order valence-electron chi connectivity index (χ3n) is 11.3. The third kappa shape index (κ3) is 8.71. The Kier molecular flexibility index (Phi) is 12.8. The van der Waals surface area contributed by atoms with Gasteiger partial charge in [0.2, 0.25) is 11.9 Å². The average molecular weight is 851 g/mol. The van der Waals surface area contributed by atoms with Gasteiger partial charge in [0.1, 0.15) is 30.0 Å². The molecule has 0 amide bonds. The lowest BCUT2D eigenvalue weighted by molar-refractivity contribution is -0.207. The number of fused-ring (bicyclic) bond motifs is 1. The molecule has 1 aliphatic carbocycles. The molecule has 1 saturated carbocycles. The van der Waals surface area contributed by atoms with Crippen molar-refractivity contribution in [2.45, 2.75) is 107 Å². The van der Waals surface area contributed by atoms with Gasteiger partial charge < -0.3 is 38.8 Å². The van der Waals surface area contributed by atoms with Crippen LogP contribution in [-0.2, 0) is 33.6 Å². The number of alkyl halides is 2. The van der Waals surface area contributed by atoms with Gasteiger partial charge in [-0.15, -0.1) is 0 Å². The molecule has 3 heterocycles. The molecule has 4 aliphatic rings. The van der Waals surface area contributed by atoms with E-state index in [0.29, 0.717) is 5.75 Å². The predicted octanol–water partition coefficient (Wildman–Crippen LogP) is 6.22. The van der Waals surface area contributed by atoms with Crippen molar-refractivity contribution in [3.05, 3.63) is 102 Å². The highest BCUT2D eigenvalue weighted by Crippen LogP contribution is 2.48. The number of esters is 1. The molecule has 3 unspecified atom stereocenters. The van der Waals surface area contributed by atoms with Gasteiger partial charge in [0.05, 0.1) is 20.1 Å². The zero-order chi connectivity index (χ0) is 42.7. The predicted molar refractivity (Wildman–Crippen MR) is 223 cm³/mol. The molecule has 0 radical (unpaired) electrons. The van der Waals surface area contributed by atoms with Crippen LogP contribution in [0.15, 0.2) is 99.9 Å². The van der Waals surface area contributed by atoms with Gasteiger partial charge in [0.25, 0.3) is 13.4 Å². The van der Waals surface area contributed by atoms with Crippen molar-refractivity contribution in [1.29, 1.82) is 0 Å². The van der Waals surface area contributed by atoms with Crippen LogP contribution in [0.1, 0.15) is 69.6 Å². The van der Waals surface area contributed by atoms with E-state index in [4.69, 9.17) is 33.5 Å². The van der Waals surface area contributed by atoms with Gasteiger partial charge in [-0.2, -0.15) is 4.99 Å². The molecule has 60 heavy (non-hydrogen) atoms. The molecule has 3 aromatic rings. The first kappa shape index (κ1) is 43.4. The Morgan fingerprint density at radius 1 is 1.02 bits per heavy atom. The highest BCUT2D eigenvalue weighted by atomic mass is 31.2. The lowest BCUT2D eigenvalue weighted by Crippen LogP contribution is -2.56. The lowest BCUT2D eigenvalue weighted by Gasteiger charge is -2.39. The van der Waals surface area contributed by atoms with Crippen LogP contribution in [0.5, 0.6) is 5.75 Å². The highest BCUT2D eigenvalue weighted by Gasteiger charge is 2.67. The summed E-state index contributed by atoms with van der Waals surface area (Å²) in [4.78, 5) is 28.3. The van der Waals surface area contributed by atoms with Crippen molar-refractivity contribution in [2.24, 2.45) is 15.0 Å². The number of carbonyl (C=O) groups excluding carboxylic acids is 1. The van der Waals surface area contributed by atoms with E-state index in [9.17, 15) is 14.5 Å². The van der Waals surface area contributed by atoms with Gasteiger partial charge in [-0.1, -0.05) is 79.2 Å². The minimum Gasteiger partial charge on any atom is -0.497 e. The number of ether oxygens (including phenoxy) is 4. The molecule has 3 N–H and O–H groups in total. The Morgan fingerprint density at radius 2 is 1.63 bits per heavy atom. The van der Waals surface area contributed by atoms with Crippen molar-refractivity contribution in [1.82, 2.24) is 15.3 Å². The Labute approximate surface area is 348 Å². The summed E-state index contributed by atoms with van der Waals surface area (Å²) < 4.78 is 75.2. The summed E-state index contributed by atoms with van der Waals surface area (Å²) in [6.45, 7) is 4.50. The minimum absolute atomic E-state index is 0.0989. The minimum atomic E-state index is -3.93. The molecule has 8 atom stereocenters. The quantitative estimate of drug-likeness (QED) is 0.0958. The summed E-state index contributed by atoms with van der Waals surface area (Å²) in [5, 5.41) is 17.4. The summed E-state index contributed by atoms with van der Waals surface area (Å²) in [5.74, 6) is -2.87. The van der Waals surface area contributed by atoms with Crippen LogP contribution < -0.4 is 15.1 Å². The fraction of sp³-hybridized carbons (Fsp3) is 0.488. The zero-order valence-corrected chi connectivity index (χ0v) is 35.3. The molecule has 322 valence electrons. The molecule has 17 heteroatoms. The third-order valence-corrected chi connectivity index (χ3v) is 12.8. The number of carbonyl (C=O) groups is 1. The Balaban J connectivity index is 1.16.